The first kappa shape index (κ1) is 19.9. The molecule has 0 saturated heterocycles. The van der Waals surface area contributed by atoms with E-state index in [0.29, 0.717) is 15.9 Å². The van der Waals surface area contributed by atoms with Crippen molar-refractivity contribution >= 4 is 45.6 Å². The molecule has 6 nitrogen and oxygen atoms in total. The second kappa shape index (κ2) is 8.86. The summed E-state index contributed by atoms with van der Waals surface area (Å²) in [5, 5.41) is 8.43. The zero-order chi connectivity index (χ0) is 20.1. The zero-order valence-electron chi connectivity index (χ0n) is 15.3. The summed E-state index contributed by atoms with van der Waals surface area (Å²) in [6.45, 7) is 3.21. The van der Waals surface area contributed by atoms with Crippen LogP contribution in [0.25, 0.3) is 11.3 Å². The highest BCUT2D eigenvalue weighted by Crippen LogP contribution is 2.26. The van der Waals surface area contributed by atoms with Gasteiger partial charge in [0.1, 0.15) is 5.75 Å². The van der Waals surface area contributed by atoms with Crippen LogP contribution in [0.2, 0.25) is 5.02 Å². The van der Waals surface area contributed by atoms with Gasteiger partial charge in [-0.15, -0.1) is 11.3 Å². The van der Waals surface area contributed by atoms with Gasteiger partial charge in [0.05, 0.1) is 5.69 Å². The van der Waals surface area contributed by atoms with Gasteiger partial charge >= 0.3 is 0 Å². The average Bonchev–Trinajstić information content (AvgIpc) is 3.11. The molecule has 0 aliphatic rings. The summed E-state index contributed by atoms with van der Waals surface area (Å²) in [7, 11) is 0. The molecule has 28 heavy (non-hydrogen) atoms. The summed E-state index contributed by atoms with van der Waals surface area (Å²) in [5.74, 6) is 0.160. The Hall–Kier alpha value is -2.90. The summed E-state index contributed by atoms with van der Waals surface area (Å²) in [6, 6.07) is 12.5. The number of benzene rings is 2. The van der Waals surface area contributed by atoms with E-state index >= 15 is 0 Å². The van der Waals surface area contributed by atoms with Gasteiger partial charge in [-0.1, -0.05) is 23.7 Å². The number of aryl methyl sites for hydroxylation is 1. The molecule has 0 spiro atoms. The Morgan fingerprint density at radius 1 is 1.14 bits per heavy atom. The lowest BCUT2D eigenvalue weighted by atomic mass is 10.1. The molecule has 3 aromatic rings. The molecule has 0 unspecified atom stereocenters. The van der Waals surface area contributed by atoms with Gasteiger partial charge in [-0.25, -0.2) is 4.98 Å². The smallest absolute Gasteiger partial charge is 0.264 e. The summed E-state index contributed by atoms with van der Waals surface area (Å²) in [5.41, 5.74) is 3.23. The van der Waals surface area contributed by atoms with Crippen molar-refractivity contribution in [2.75, 3.05) is 17.2 Å². The second-order valence-electron chi connectivity index (χ2n) is 6.04. The summed E-state index contributed by atoms with van der Waals surface area (Å²) >= 11 is 7.30. The van der Waals surface area contributed by atoms with Crippen molar-refractivity contribution in [2.45, 2.75) is 13.8 Å². The molecule has 0 saturated carbocycles. The maximum atomic E-state index is 12.1. The Kier molecular flexibility index (Phi) is 6.28. The number of hydrogen-bond donors (Lipinski definition) is 2. The van der Waals surface area contributed by atoms with E-state index < -0.39 is 0 Å². The number of anilines is 2. The lowest BCUT2D eigenvalue weighted by molar-refractivity contribution is -0.118. The van der Waals surface area contributed by atoms with Crippen molar-refractivity contribution < 1.29 is 14.3 Å². The fourth-order valence-corrected chi connectivity index (χ4v) is 3.26. The van der Waals surface area contributed by atoms with Gasteiger partial charge in [0.25, 0.3) is 5.91 Å². The lowest BCUT2D eigenvalue weighted by Gasteiger charge is -2.07. The van der Waals surface area contributed by atoms with Crippen LogP contribution in [-0.2, 0) is 9.59 Å². The highest BCUT2D eigenvalue weighted by atomic mass is 35.5. The molecule has 0 fully saturated rings. The first-order chi connectivity index (χ1) is 13.4. The van der Waals surface area contributed by atoms with Crippen LogP contribution in [0.4, 0.5) is 10.8 Å². The Morgan fingerprint density at radius 3 is 2.57 bits per heavy atom. The quantitative estimate of drug-likeness (QED) is 0.608. The van der Waals surface area contributed by atoms with Crippen molar-refractivity contribution in [3.63, 3.8) is 0 Å². The first-order valence-corrected chi connectivity index (χ1v) is 9.69. The van der Waals surface area contributed by atoms with Crippen molar-refractivity contribution in [1.82, 2.24) is 4.98 Å². The predicted molar refractivity (Wildman–Crippen MR) is 112 cm³/mol. The van der Waals surface area contributed by atoms with Crippen molar-refractivity contribution in [3.05, 3.63) is 58.4 Å². The Morgan fingerprint density at radius 2 is 1.89 bits per heavy atom. The Labute approximate surface area is 171 Å². The van der Waals surface area contributed by atoms with E-state index in [9.17, 15) is 9.59 Å². The molecule has 144 valence electrons. The molecule has 8 heteroatoms. The monoisotopic (exact) mass is 415 g/mol. The van der Waals surface area contributed by atoms with Gasteiger partial charge in [0, 0.05) is 28.6 Å². The summed E-state index contributed by atoms with van der Waals surface area (Å²) in [6.07, 6.45) is 0. The molecule has 0 atom stereocenters. The van der Waals surface area contributed by atoms with Gasteiger partial charge in [-0.2, -0.15) is 0 Å². The predicted octanol–water partition coefficient (Wildman–Crippen LogP) is 4.75. The zero-order valence-corrected chi connectivity index (χ0v) is 16.9. The maximum Gasteiger partial charge on any atom is 0.264 e. The molecule has 0 bridgehead atoms. The topological polar surface area (TPSA) is 80.3 Å². The van der Waals surface area contributed by atoms with Crippen molar-refractivity contribution in [2.24, 2.45) is 0 Å². The molecule has 2 aromatic carbocycles. The summed E-state index contributed by atoms with van der Waals surface area (Å²) < 4.78 is 5.48. The lowest BCUT2D eigenvalue weighted by Crippen LogP contribution is -2.20. The number of amides is 2. The van der Waals surface area contributed by atoms with E-state index in [2.05, 4.69) is 15.6 Å². The number of carbonyl (C=O) groups excluding carboxylic acids is 2. The van der Waals surface area contributed by atoms with Gasteiger partial charge in [0.15, 0.2) is 11.7 Å². The number of aromatic nitrogens is 1. The third kappa shape index (κ3) is 5.31. The summed E-state index contributed by atoms with van der Waals surface area (Å²) in [4.78, 5) is 27.6. The molecule has 2 amide bonds. The van der Waals surface area contributed by atoms with Gasteiger partial charge < -0.3 is 10.1 Å². The fourth-order valence-electron chi connectivity index (χ4n) is 2.40. The normalized spacial score (nSPS) is 10.4. The van der Waals surface area contributed by atoms with Crippen LogP contribution in [-0.4, -0.2) is 23.4 Å². The highest BCUT2D eigenvalue weighted by molar-refractivity contribution is 7.14. The van der Waals surface area contributed by atoms with Gasteiger partial charge in [0.2, 0.25) is 5.91 Å². The van der Waals surface area contributed by atoms with Crippen LogP contribution in [0.15, 0.2) is 47.8 Å². The van der Waals surface area contributed by atoms with E-state index in [0.717, 1.165) is 22.5 Å². The van der Waals surface area contributed by atoms with Gasteiger partial charge in [-0.3, -0.25) is 14.9 Å². The Bertz CT molecular complexity index is 1000. The SMILES string of the molecule is CC(=O)Nc1ccc(-c2csc(NC(=O)COc3ccc(Cl)c(C)c3)n2)cc1. The van der Waals surface area contributed by atoms with Crippen molar-refractivity contribution in [3.8, 4) is 17.0 Å². The minimum atomic E-state index is -0.297. The Balaban J connectivity index is 1.57. The van der Waals surface area contributed by atoms with E-state index in [-0.39, 0.29) is 18.4 Å². The number of nitrogens with one attached hydrogen (secondary N) is 2. The molecule has 1 heterocycles. The minimum Gasteiger partial charge on any atom is -0.484 e. The molecule has 0 aliphatic heterocycles. The van der Waals surface area contributed by atoms with Crippen LogP contribution >= 0.6 is 22.9 Å². The average molecular weight is 416 g/mol. The number of carbonyl (C=O) groups is 2. The molecule has 2 N–H and O–H groups in total. The molecular formula is C20H18ClN3O3S. The number of ether oxygens (including phenoxy) is 1. The molecule has 1 aromatic heterocycles. The largest absolute Gasteiger partial charge is 0.484 e. The number of rotatable bonds is 6. The maximum absolute atomic E-state index is 12.1. The molecule has 0 aliphatic carbocycles. The van der Waals surface area contributed by atoms with Crippen LogP contribution in [0.5, 0.6) is 5.75 Å². The fraction of sp³-hybridized carbons (Fsp3) is 0.150. The standard InChI is InChI=1S/C20H18ClN3O3S/c1-12-9-16(7-8-17(12)21)27-10-19(26)24-20-23-18(11-28-20)14-3-5-15(6-4-14)22-13(2)25/h3-9,11H,10H2,1-2H3,(H,22,25)(H,23,24,26). The van der Waals surface area contributed by atoms with E-state index in [1.165, 1.54) is 18.3 Å². The van der Waals surface area contributed by atoms with Crippen LogP contribution in [0, 0.1) is 6.92 Å². The number of thiazole rings is 1. The van der Waals surface area contributed by atoms with Gasteiger partial charge in [-0.05, 0) is 42.8 Å². The van der Waals surface area contributed by atoms with Crippen molar-refractivity contribution in [1.29, 1.82) is 0 Å². The van der Waals surface area contributed by atoms with E-state index in [1.54, 1.807) is 30.3 Å². The molecule has 3 rings (SSSR count). The third-order valence-corrected chi connectivity index (χ3v) is 4.93. The van der Waals surface area contributed by atoms with Crippen LogP contribution in [0.3, 0.4) is 0 Å². The number of nitrogens with zero attached hydrogens (tertiary/aromatic N) is 1. The highest BCUT2D eigenvalue weighted by Gasteiger charge is 2.09. The van der Waals surface area contributed by atoms with E-state index in [1.807, 2.05) is 24.4 Å². The second-order valence-corrected chi connectivity index (χ2v) is 7.31. The molecule has 0 radical (unpaired) electrons. The third-order valence-electron chi connectivity index (χ3n) is 3.75. The van der Waals surface area contributed by atoms with E-state index in [4.69, 9.17) is 16.3 Å². The van der Waals surface area contributed by atoms with Crippen LogP contribution < -0.4 is 15.4 Å². The minimum absolute atomic E-state index is 0.123. The first-order valence-electron chi connectivity index (χ1n) is 8.43. The number of hydrogen-bond acceptors (Lipinski definition) is 5. The number of halogens is 1. The van der Waals surface area contributed by atoms with Crippen LogP contribution in [0.1, 0.15) is 12.5 Å². The molecular weight excluding hydrogens is 398 g/mol.